The van der Waals surface area contributed by atoms with E-state index in [4.69, 9.17) is 34.8 Å². The monoisotopic (exact) mass is 305 g/mol. The number of halogens is 3. The van der Waals surface area contributed by atoms with E-state index in [1.807, 2.05) is 4.90 Å². The average Bonchev–Trinajstić information content (AvgIpc) is 2.35. The molecule has 1 amide bonds. The largest absolute Gasteiger partial charge is 0.336 e. The first-order valence-corrected chi connectivity index (χ1v) is 7.09. The molecule has 1 aliphatic heterocycles. The number of piperidine rings is 1. The Balaban J connectivity index is 2.28. The van der Waals surface area contributed by atoms with Gasteiger partial charge in [-0.3, -0.25) is 4.79 Å². The molecule has 0 unspecified atom stereocenters. The molecule has 2 rings (SSSR count). The van der Waals surface area contributed by atoms with Crippen LogP contribution in [0.1, 0.15) is 36.5 Å². The second kappa shape index (κ2) is 5.68. The summed E-state index contributed by atoms with van der Waals surface area (Å²) in [5.41, 5.74) is 0.503. The first kappa shape index (κ1) is 14.0. The molecule has 2 nitrogen and oxygen atoms in total. The summed E-state index contributed by atoms with van der Waals surface area (Å²) in [5, 5.41) is 0.927. The Bertz CT molecular complexity index is 452. The predicted molar refractivity (Wildman–Crippen MR) is 75.8 cm³/mol. The third-order valence-electron chi connectivity index (χ3n) is 3.29. The number of carbonyl (C=O) groups is 1. The van der Waals surface area contributed by atoms with E-state index < -0.39 is 0 Å². The Hall–Kier alpha value is -0.440. The number of carbonyl (C=O) groups excluding carboxylic acids is 1. The van der Waals surface area contributed by atoms with E-state index in [-0.39, 0.29) is 11.9 Å². The van der Waals surface area contributed by atoms with Gasteiger partial charge < -0.3 is 4.90 Å². The maximum absolute atomic E-state index is 12.4. The average molecular weight is 307 g/mol. The minimum absolute atomic E-state index is 0.0253. The van der Waals surface area contributed by atoms with Gasteiger partial charge in [0.15, 0.2) is 0 Å². The lowest BCUT2D eigenvalue weighted by atomic mass is 10.0. The first-order chi connectivity index (χ1) is 8.50. The van der Waals surface area contributed by atoms with Crippen molar-refractivity contribution < 1.29 is 4.79 Å². The Labute approximate surface area is 122 Å². The second-order valence-electron chi connectivity index (χ2n) is 4.60. The molecule has 1 aliphatic rings. The Morgan fingerprint density at radius 2 is 1.83 bits per heavy atom. The molecule has 1 heterocycles. The maximum Gasteiger partial charge on any atom is 0.254 e. The van der Waals surface area contributed by atoms with E-state index in [2.05, 4.69) is 6.92 Å². The number of amides is 1. The Morgan fingerprint density at radius 3 is 2.39 bits per heavy atom. The molecule has 1 atom stereocenters. The van der Waals surface area contributed by atoms with Crippen LogP contribution in [0.5, 0.6) is 0 Å². The van der Waals surface area contributed by atoms with Gasteiger partial charge in [-0.1, -0.05) is 34.8 Å². The molecule has 98 valence electrons. The van der Waals surface area contributed by atoms with E-state index in [9.17, 15) is 4.79 Å². The molecule has 0 saturated carbocycles. The summed E-state index contributed by atoms with van der Waals surface area (Å²) in [6, 6.07) is 3.43. The summed E-state index contributed by atoms with van der Waals surface area (Å²) >= 11 is 17.8. The number of rotatable bonds is 1. The fourth-order valence-electron chi connectivity index (χ4n) is 2.24. The van der Waals surface area contributed by atoms with Crippen LogP contribution in [0.2, 0.25) is 15.1 Å². The highest BCUT2D eigenvalue weighted by Crippen LogP contribution is 2.32. The molecule has 0 radical (unpaired) electrons. The summed E-state index contributed by atoms with van der Waals surface area (Å²) < 4.78 is 0. The van der Waals surface area contributed by atoms with E-state index in [0.29, 0.717) is 20.6 Å². The van der Waals surface area contributed by atoms with Gasteiger partial charge in [0.05, 0.1) is 15.1 Å². The van der Waals surface area contributed by atoms with Crippen molar-refractivity contribution in [3.63, 3.8) is 0 Å². The van der Waals surface area contributed by atoms with Crippen molar-refractivity contribution >= 4 is 40.7 Å². The van der Waals surface area contributed by atoms with Crippen molar-refractivity contribution in [2.75, 3.05) is 6.54 Å². The van der Waals surface area contributed by atoms with Crippen molar-refractivity contribution in [1.82, 2.24) is 4.90 Å². The topological polar surface area (TPSA) is 20.3 Å². The van der Waals surface area contributed by atoms with Gasteiger partial charge in [0.25, 0.3) is 5.91 Å². The molecule has 1 aromatic rings. The summed E-state index contributed by atoms with van der Waals surface area (Å²) in [5.74, 6) is -0.0253. The van der Waals surface area contributed by atoms with E-state index in [0.717, 1.165) is 19.4 Å². The van der Waals surface area contributed by atoms with Gasteiger partial charge in [-0.2, -0.15) is 0 Å². The molecule has 5 heteroatoms. The highest BCUT2D eigenvalue weighted by atomic mass is 35.5. The summed E-state index contributed by atoms with van der Waals surface area (Å²) in [4.78, 5) is 14.3. The van der Waals surface area contributed by atoms with Crippen LogP contribution in [0, 0.1) is 0 Å². The number of hydrogen-bond acceptors (Lipinski definition) is 1. The molecule has 1 aromatic carbocycles. The van der Waals surface area contributed by atoms with Crippen LogP contribution >= 0.6 is 34.8 Å². The Kier molecular flexibility index (Phi) is 4.41. The standard InChI is InChI=1S/C13H14Cl3NO/c1-8-4-2-3-5-17(8)13(18)9-6-10(14)12(16)11(15)7-9/h6-8H,2-5H2,1H3/t8-/m0/s1. The number of hydrogen-bond donors (Lipinski definition) is 0. The van der Waals surface area contributed by atoms with E-state index in [1.165, 1.54) is 6.42 Å². The summed E-state index contributed by atoms with van der Waals surface area (Å²) in [6.45, 7) is 2.86. The highest BCUT2D eigenvalue weighted by molar-refractivity contribution is 6.48. The van der Waals surface area contributed by atoms with Crippen LogP contribution in [-0.4, -0.2) is 23.4 Å². The molecule has 0 N–H and O–H groups in total. The SMILES string of the molecule is C[C@H]1CCCCN1C(=O)c1cc(Cl)c(Cl)c(Cl)c1. The molecule has 0 aromatic heterocycles. The lowest BCUT2D eigenvalue weighted by Crippen LogP contribution is -2.42. The lowest BCUT2D eigenvalue weighted by Gasteiger charge is -2.33. The van der Waals surface area contributed by atoms with Gasteiger partial charge in [0.2, 0.25) is 0 Å². The van der Waals surface area contributed by atoms with E-state index >= 15 is 0 Å². The van der Waals surface area contributed by atoms with Gasteiger partial charge in [-0.25, -0.2) is 0 Å². The van der Waals surface area contributed by atoms with Gasteiger partial charge >= 0.3 is 0 Å². The quantitative estimate of drug-likeness (QED) is 0.691. The lowest BCUT2D eigenvalue weighted by molar-refractivity contribution is 0.0635. The van der Waals surface area contributed by atoms with Crippen LogP contribution in [0.4, 0.5) is 0 Å². The zero-order valence-corrected chi connectivity index (χ0v) is 12.3. The molecule has 18 heavy (non-hydrogen) atoms. The number of nitrogens with zero attached hydrogens (tertiary/aromatic N) is 1. The third kappa shape index (κ3) is 2.76. The third-order valence-corrected chi connectivity index (χ3v) is 4.49. The van der Waals surface area contributed by atoms with Crippen LogP contribution < -0.4 is 0 Å². The molecular weight excluding hydrogens is 293 g/mol. The van der Waals surface area contributed by atoms with E-state index in [1.54, 1.807) is 12.1 Å². The predicted octanol–water partition coefficient (Wildman–Crippen LogP) is 4.66. The van der Waals surface area contributed by atoms with Crippen molar-refractivity contribution in [2.45, 2.75) is 32.2 Å². The smallest absolute Gasteiger partial charge is 0.254 e. The van der Waals surface area contributed by atoms with Crippen LogP contribution in [0.25, 0.3) is 0 Å². The van der Waals surface area contributed by atoms with Crippen LogP contribution in [-0.2, 0) is 0 Å². The maximum atomic E-state index is 12.4. The fourth-order valence-corrected chi connectivity index (χ4v) is 2.84. The Morgan fingerprint density at radius 1 is 1.22 bits per heavy atom. The molecule has 0 aliphatic carbocycles. The van der Waals surface area contributed by atoms with Gasteiger partial charge in [0, 0.05) is 18.2 Å². The van der Waals surface area contributed by atoms with Gasteiger partial charge in [-0.15, -0.1) is 0 Å². The van der Waals surface area contributed by atoms with Crippen LogP contribution in [0.3, 0.4) is 0 Å². The molecule has 1 saturated heterocycles. The molecule has 1 fully saturated rings. The van der Waals surface area contributed by atoms with Crippen molar-refractivity contribution in [3.8, 4) is 0 Å². The van der Waals surface area contributed by atoms with Gasteiger partial charge in [0.1, 0.15) is 0 Å². The first-order valence-electron chi connectivity index (χ1n) is 5.96. The molecule has 0 spiro atoms. The summed E-state index contributed by atoms with van der Waals surface area (Å²) in [6.07, 6.45) is 3.26. The summed E-state index contributed by atoms with van der Waals surface area (Å²) in [7, 11) is 0. The van der Waals surface area contributed by atoms with Crippen molar-refractivity contribution in [2.24, 2.45) is 0 Å². The zero-order chi connectivity index (χ0) is 13.3. The van der Waals surface area contributed by atoms with Crippen molar-refractivity contribution in [1.29, 1.82) is 0 Å². The zero-order valence-electron chi connectivity index (χ0n) is 10.0. The molecule has 0 bridgehead atoms. The minimum Gasteiger partial charge on any atom is -0.336 e. The van der Waals surface area contributed by atoms with Gasteiger partial charge in [-0.05, 0) is 38.3 Å². The normalized spacial score (nSPS) is 20.0. The highest BCUT2D eigenvalue weighted by Gasteiger charge is 2.25. The van der Waals surface area contributed by atoms with Crippen molar-refractivity contribution in [3.05, 3.63) is 32.8 Å². The second-order valence-corrected chi connectivity index (χ2v) is 5.79. The minimum atomic E-state index is -0.0253. The molecular formula is C13H14Cl3NO. The van der Waals surface area contributed by atoms with Crippen LogP contribution in [0.15, 0.2) is 12.1 Å². The number of likely N-dealkylation sites (tertiary alicyclic amines) is 1. The fraction of sp³-hybridized carbons (Fsp3) is 0.462. The number of benzene rings is 1.